The Balaban J connectivity index is 1.86. The van der Waals surface area contributed by atoms with Crippen LogP contribution in [0.2, 0.25) is 18.1 Å². The minimum atomic E-state index is -1.83. The lowest BCUT2D eigenvalue weighted by Crippen LogP contribution is -2.40. The Morgan fingerprint density at radius 2 is 1.86 bits per heavy atom. The van der Waals surface area contributed by atoms with Crippen LogP contribution < -0.4 is 0 Å². The Labute approximate surface area is 178 Å². The number of aromatic nitrogens is 1. The minimum Gasteiger partial charge on any atom is -0.478 e. The molecule has 0 aliphatic carbocycles. The summed E-state index contributed by atoms with van der Waals surface area (Å²) in [5.74, 6) is -0.906. The number of nitrogens with zero attached hydrogens (tertiary/aromatic N) is 1. The second-order valence-corrected chi connectivity index (χ2v) is 14.9. The molecule has 3 rings (SSSR count). The SMILES string of the molecule is CC(C)(C)[Si](C)(C)OCc1csc(C2(c3ccc(C(=O)O)cc3)CCOCC2)n1. The number of carbonyl (C=O) groups is 1. The standard InChI is InChI=1S/C22H31NO4SSi/c1-21(2,3)29(4,5)27-14-18-15-28-20(23-18)22(10-12-26-13-11-22)17-8-6-16(7-9-17)19(24)25/h6-9,15H,10-14H2,1-5H3,(H,24,25). The first-order chi connectivity index (χ1) is 13.6. The van der Waals surface area contributed by atoms with E-state index >= 15 is 0 Å². The molecule has 1 aromatic carbocycles. The summed E-state index contributed by atoms with van der Waals surface area (Å²) in [6.45, 7) is 13.1. The second kappa shape index (κ2) is 8.30. The van der Waals surface area contributed by atoms with Crippen molar-refractivity contribution < 1.29 is 19.1 Å². The van der Waals surface area contributed by atoms with Gasteiger partial charge in [-0.2, -0.15) is 0 Å². The predicted octanol–water partition coefficient (Wildman–Crippen LogP) is 5.46. The molecule has 2 heterocycles. The molecule has 0 atom stereocenters. The number of ether oxygens (including phenoxy) is 1. The van der Waals surface area contributed by atoms with Gasteiger partial charge in [-0.05, 0) is 48.7 Å². The lowest BCUT2D eigenvalue weighted by Gasteiger charge is -2.36. The fourth-order valence-electron chi connectivity index (χ4n) is 3.34. The number of carboxylic acids is 1. The van der Waals surface area contributed by atoms with Gasteiger partial charge < -0.3 is 14.3 Å². The van der Waals surface area contributed by atoms with Crippen molar-refractivity contribution in [2.75, 3.05) is 13.2 Å². The third-order valence-corrected chi connectivity index (χ3v) is 12.0. The Morgan fingerprint density at radius 1 is 1.24 bits per heavy atom. The number of benzene rings is 1. The van der Waals surface area contributed by atoms with Gasteiger partial charge in [0.2, 0.25) is 0 Å². The molecule has 1 fully saturated rings. The molecular formula is C22H31NO4SSi. The van der Waals surface area contributed by atoms with Crippen LogP contribution in [0.5, 0.6) is 0 Å². The molecule has 29 heavy (non-hydrogen) atoms. The Hall–Kier alpha value is -1.54. The average Bonchev–Trinajstić information content (AvgIpc) is 3.16. The van der Waals surface area contributed by atoms with Crippen molar-refractivity contribution in [2.45, 2.75) is 63.8 Å². The zero-order valence-corrected chi connectivity index (χ0v) is 19.8. The van der Waals surface area contributed by atoms with Crippen LogP contribution in [0.25, 0.3) is 0 Å². The fourth-order valence-corrected chi connectivity index (χ4v) is 5.37. The molecule has 0 unspecified atom stereocenters. The van der Waals surface area contributed by atoms with Gasteiger partial charge in [0, 0.05) is 18.6 Å². The van der Waals surface area contributed by atoms with Gasteiger partial charge in [0.1, 0.15) is 5.01 Å². The molecule has 0 amide bonds. The maximum atomic E-state index is 11.2. The zero-order valence-electron chi connectivity index (χ0n) is 17.9. The monoisotopic (exact) mass is 433 g/mol. The summed E-state index contributed by atoms with van der Waals surface area (Å²) in [5.41, 5.74) is 2.16. The number of rotatable bonds is 6. The molecule has 0 radical (unpaired) electrons. The number of carboxylic acid groups (broad SMARTS) is 1. The highest BCUT2D eigenvalue weighted by molar-refractivity contribution is 7.09. The zero-order chi connectivity index (χ0) is 21.3. The number of hydrogen-bond acceptors (Lipinski definition) is 5. The molecule has 2 aromatic rings. The first kappa shape index (κ1) is 22.1. The normalized spacial score (nSPS) is 17.3. The first-order valence-corrected chi connectivity index (χ1v) is 13.8. The summed E-state index contributed by atoms with van der Waals surface area (Å²) in [4.78, 5) is 16.2. The highest BCUT2D eigenvalue weighted by Crippen LogP contribution is 2.43. The van der Waals surface area contributed by atoms with Crippen LogP contribution >= 0.6 is 11.3 Å². The molecule has 0 bridgehead atoms. The highest BCUT2D eigenvalue weighted by atomic mass is 32.1. The topological polar surface area (TPSA) is 68.7 Å². The van der Waals surface area contributed by atoms with E-state index in [1.165, 1.54) is 0 Å². The molecule has 1 aliphatic rings. The summed E-state index contributed by atoms with van der Waals surface area (Å²) in [6.07, 6.45) is 1.69. The van der Waals surface area contributed by atoms with Crippen molar-refractivity contribution >= 4 is 25.6 Å². The van der Waals surface area contributed by atoms with E-state index in [1.54, 1.807) is 23.5 Å². The van der Waals surface area contributed by atoms with Gasteiger partial charge in [-0.1, -0.05) is 32.9 Å². The van der Waals surface area contributed by atoms with Gasteiger partial charge in [-0.15, -0.1) is 11.3 Å². The van der Waals surface area contributed by atoms with E-state index in [4.69, 9.17) is 14.1 Å². The molecule has 0 saturated carbocycles. The average molecular weight is 434 g/mol. The second-order valence-electron chi connectivity index (χ2n) is 9.27. The lowest BCUT2D eigenvalue weighted by molar-refractivity contribution is 0.0628. The van der Waals surface area contributed by atoms with Crippen molar-refractivity contribution in [3.05, 3.63) is 51.5 Å². The first-order valence-electron chi connectivity index (χ1n) is 10.1. The van der Waals surface area contributed by atoms with Gasteiger partial charge in [0.15, 0.2) is 8.32 Å². The summed E-state index contributed by atoms with van der Waals surface area (Å²) in [7, 11) is -1.83. The van der Waals surface area contributed by atoms with Crippen LogP contribution in [0, 0.1) is 0 Å². The maximum absolute atomic E-state index is 11.2. The van der Waals surface area contributed by atoms with Gasteiger partial charge >= 0.3 is 5.97 Å². The van der Waals surface area contributed by atoms with E-state index in [-0.39, 0.29) is 10.5 Å². The van der Waals surface area contributed by atoms with E-state index in [2.05, 4.69) is 39.2 Å². The largest absolute Gasteiger partial charge is 0.478 e. The Kier molecular flexibility index (Phi) is 6.34. The number of aromatic carboxylic acids is 1. The Bertz CT molecular complexity index is 848. The molecule has 1 saturated heterocycles. The quantitative estimate of drug-likeness (QED) is 0.613. The van der Waals surface area contributed by atoms with Gasteiger partial charge in [0.05, 0.1) is 23.3 Å². The molecule has 158 valence electrons. The molecule has 0 spiro atoms. The lowest BCUT2D eigenvalue weighted by atomic mass is 9.74. The van der Waals surface area contributed by atoms with Crippen molar-refractivity contribution in [1.29, 1.82) is 0 Å². The number of hydrogen-bond donors (Lipinski definition) is 1. The van der Waals surface area contributed by atoms with Crippen molar-refractivity contribution in [3.63, 3.8) is 0 Å². The van der Waals surface area contributed by atoms with Crippen LogP contribution in [-0.2, 0) is 21.2 Å². The minimum absolute atomic E-state index is 0.166. The fraction of sp³-hybridized carbons (Fsp3) is 0.545. The number of thiazole rings is 1. The van der Waals surface area contributed by atoms with Crippen LogP contribution in [0.15, 0.2) is 29.6 Å². The van der Waals surface area contributed by atoms with Crippen LogP contribution in [0.3, 0.4) is 0 Å². The van der Waals surface area contributed by atoms with E-state index < -0.39 is 14.3 Å². The predicted molar refractivity (Wildman–Crippen MR) is 118 cm³/mol. The molecular weight excluding hydrogens is 402 g/mol. The van der Waals surface area contributed by atoms with Gasteiger partial charge in [-0.3, -0.25) is 0 Å². The van der Waals surface area contributed by atoms with Crippen molar-refractivity contribution in [2.24, 2.45) is 0 Å². The van der Waals surface area contributed by atoms with Crippen LogP contribution in [0.4, 0.5) is 0 Å². The third-order valence-electron chi connectivity index (χ3n) is 6.38. The molecule has 1 N–H and O–H groups in total. The van der Waals surface area contributed by atoms with E-state index in [0.29, 0.717) is 25.4 Å². The smallest absolute Gasteiger partial charge is 0.335 e. The van der Waals surface area contributed by atoms with E-state index in [1.807, 2.05) is 12.1 Å². The summed E-state index contributed by atoms with van der Waals surface area (Å²) in [5, 5.41) is 12.5. The molecule has 1 aliphatic heterocycles. The van der Waals surface area contributed by atoms with Crippen LogP contribution in [-0.4, -0.2) is 37.6 Å². The highest BCUT2D eigenvalue weighted by Gasteiger charge is 2.40. The molecule has 7 heteroatoms. The van der Waals surface area contributed by atoms with Crippen molar-refractivity contribution in [3.8, 4) is 0 Å². The molecule has 5 nitrogen and oxygen atoms in total. The summed E-state index contributed by atoms with van der Waals surface area (Å²) >= 11 is 1.67. The maximum Gasteiger partial charge on any atom is 0.335 e. The van der Waals surface area contributed by atoms with Crippen LogP contribution in [0.1, 0.15) is 60.2 Å². The Morgan fingerprint density at radius 3 is 2.41 bits per heavy atom. The summed E-state index contributed by atoms with van der Waals surface area (Å²) in [6, 6.07) is 7.23. The third kappa shape index (κ3) is 4.63. The van der Waals surface area contributed by atoms with Gasteiger partial charge in [-0.25, -0.2) is 9.78 Å². The van der Waals surface area contributed by atoms with Crippen molar-refractivity contribution in [1.82, 2.24) is 4.98 Å². The molecule has 1 aromatic heterocycles. The summed E-state index contributed by atoms with van der Waals surface area (Å²) < 4.78 is 12.0. The van der Waals surface area contributed by atoms with E-state index in [0.717, 1.165) is 29.1 Å². The van der Waals surface area contributed by atoms with Gasteiger partial charge in [0.25, 0.3) is 0 Å². The van der Waals surface area contributed by atoms with E-state index in [9.17, 15) is 9.90 Å².